The molecule has 0 saturated carbocycles. The molecule has 2 fully saturated rings. The fourth-order valence-corrected chi connectivity index (χ4v) is 3.74. The minimum atomic E-state index is -0.681. The smallest absolute Gasteiger partial charge is 0.225 e. The van der Waals surface area contributed by atoms with E-state index in [2.05, 4.69) is 19.8 Å². The van der Waals surface area contributed by atoms with Crippen LogP contribution in [-0.2, 0) is 4.79 Å². The molecule has 0 radical (unpaired) electrons. The van der Waals surface area contributed by atoms with Crippen molar-refractivity contribution in [1.82, 2.24) is 19.8 Å². The van der Waals surface area contributed by atoms with Crippen molar-refractivity contribution >= 4 is 11.7 Å². The molecule has 0 atom stereocenters. The zero-order valence-electron chi connectivity index (χ0n) is 15.3. The molecule has 1 amide bonds. The van der Waals surface area contributed by atoms with E-state index in [0.717, 1.165) is 57.9 Å². The highest BCUT2D eigenvalue weighted by Gasteiger charge is 2.31. The maximum Gasteiger partial charge on any atom is 0.225 e. The van der Waals surface area contributed by atoms with Crippen molar-refractivity contribution in [3.05, 3.63) is 18.6 Å². The van der Waals surface area contributed by atoms with Gasteiger partial charge in [0.1, 0.15) is 5.82 Å². The summed E-state index contributed by atoms with van der Waals surface area (Å²) in [5.74, 6) is 1.31. The number of hydrogen-bond donors (Lipinski definition) is 1. The molecule has 2 aliphatic rings. The molecular formula is C18H29N5O2. The SMILES string of the molecule is CC(C)(O)CN1CCN(C(=O)C2CCN(c3cnccn3)CC2)CC1. The summed E-state index contributed by atoms with van der Waals surface area (Å²) in [6.45, 7) is 9.23. The van der Waals surface area contributed by atoms with E-state index in [4.69, 9.17) is 0 Å². The maximum atomic E-state index is 12.8. The number of aliphatic hydroxyl groups is 1. The Morgan fingerprint density at radius 1 is 1.16 bits per heavy atom. The van der Waals surface area contributed by atoms with E-state index < -0.39 is 5.60 Å². The summed E-state index contributed by atoms with van der Waals surface area (Å²) in [6.07, 6.45) is 6.92. The van der Waals surface area contributed by atoms with Crippen molar-refractivity contribution in [1.29, 1.82) is 0 Å². The van der Waals surface area contributed by atoms with Gasteiger partial charge in [-0.25, -0.2) is 4.98 Å². The fourth-order valence-electron chi connectivity index (χ4n) is 3.74. The highest BCUT2D eigenvalue weighted by molar-refractivity contribution is 5.79. The summed E-state index contributed by atoms with van der Waals surface area (Å²) in [6, 6.07) is 0. The van der Waals surface area contributed by atoms with E-state index in [0.29, 0.717) is 12.5 Å². The number of piperidine rings is 1. The zero-order valence-corrected chi connectivity index (χ0v) is 15.3. The van der Waals surface area contributed by atoms with Gasteiger partial charge in [-0.3, -0.25) is 14.7 Å². The third-order valence-corrected chi connectivity index (χ3v) is 5.01. The van der Waals surface area contributed by atoms with Gasteiger partial charge in [-0.15, -0.1) is 0 Å². The lowest BCUT2D eigenvalue weighted by Gasteiger charge is -2.40. The second kappa shape index (κ2) is 7.66. The number of β-amino-alcohol motifs (C(OH)–C–C–N with tert-alkyl or cyclic N) is 1. The van der Waals surface area contributed by atoms with Crippen LogP contribution >= 0.6 is 0 Å². The van der Waals surface area contributed by atoms with Gasteiger partial charge in [0, 0.05) is 64.1 Å². The molecule has 0 unspecified atom stereocenters. The first-order chi connectivity index (χ1) is 11.9. The first-order valence-corrected chi connectivity index (χ1v) is 9.17. The molecule has 7 heteroatoms. The molecule has 3 heterocycles. The summed E-state index contributed by atoms with van der Waals surface area (Å²) in [5, 5.41) is 9.93. The average Bonchev–Trinajstić information content (AvgIpc) is 2.61. The summed E-state index contributed by atoms with van der Waals surface area (Å²) < 4.78 is 0. The Morgan fingerprint density at radius 3 is 2.40 bits per heavy atom. The zero-order chi connectivity index (χ0) is 17.9. The van der Waals surface area contributed by atoms with Crippen LogP contribution in [0.15, 0.2) is 18.6 Å². The monoisotopic (exact) mass is 347 g/mol. The number of anilines is 1. The summed E-state index contributed by atoms with van der Waals surface area (Å²) in [4.78, 5) is 27.7. The highest BCUT2D eigenvalue weighted by atomic mass is 16.3. The molecule has 0 aromatic carbocycles. The van der Waals surface area contributed by atoms with Crippen molar-refractivity contribution in [2.24, 2.45) is 5.92 Å². The van der Waals surface area contributed by atoms with Crippen LogP contribution < -0.4 is 4.90 Å². The van der Waals surface area contributed by atoms with E-state index >= 15 is 0 Å². The van der Waals surface area contributed by atoms with Gasteiger partial charge in [-0.1, -0.05) is 0 Å². The lowest BCUT2D eigenvalue weighted by molar-refractivity contribution is -0.138. The van der Waals surface area contributed by atoms with E-state index in [1.54, 1.807) is 18.6 Å². The number of aromatic nitrogens is 2. The van der Waals surface area contributed by atoms with Gasteiger partial charge in [-0.2, -0.15) is 0 Å². The van der Waals surface area contributed by atoms with Gasteiger partial charge >= 0.3 is 0 Å². The molecule has 138 valence electrons. The van der Waals surface area contributed by atoms with E-state index in [-0.39, 0.29) is 5.92 Å². The standard InChI is InChI=1S/C18H29N5O2/c1-18(2,25)14-21-9-11-23(12-10-21)17(24)15-3-7-22(8-4-15)16-13-19-5-6-20-16/h5-6,13,15,25H,3-4,7-12,14H2,1-2H3. The number of carbonyl (C=O) groups excluding carboxylic acids is 1. The number of carbonyl (C=O) groups is 1. The van der Waals surface area contributed by atoms with Crippen molar-refractivity contribution in [3.63, 3.8) is 0 Å². The molecule has 0 bridgehead atoms. The van der Waals surface area contributed by atoms with Crippen LogP contribution in [0.2, 0.25) is 0 Å². The minimum Gasteiger partial charge on any atom is -0.389 e. The highest BCUT2D eigenvalue weighted by Crippen LogP contribution is 2.23. The predicted octanol–water partition coefficient (Wildman–Crippen LogP) is 0.608. The number of hydrogen-bond acceptors (Lipinski definition) is 6. The van der Waals surface area contributed by atoms with Crippen LogP contribution in [0.4, 0.5) is 5.82 Å². The van der Waals surface area contributed by atoms with Gasteiger partial charge in [0.15, 0.2) is 0 Å². The Balaban J connectivity index is 1.46. The van der Waals surface area contributed by atoms with Crippen LogP contribution in [0.1, 0.15) is 26.7 Å². The topological polar surface area (TPSA) is 72.8 Å². The minimum absolute atomic E-state index is 0.119. The van der Waals surface area contributed by atoms with Gasteiger partial charge in [-0.05, 0) is 26.7 Å². The summed E-state index contributed by atoms with van der Waals surface area (Å²) in [7, 11) is 0. The molecule has 1 aromatic rings. The van der Waals surface area contributed by atoms with Crippen molar-refractivity contribution in [2.45, 2.75) is 32.3 Å². The van der Waals surface area contributed by atoms with Crippen LogP contribution in [0.5, 0.6) is 0 Å². The number of nitrogens with zero attached hydrogens (tertiary/aromatic N) is 5. The van der Waals surface area contributed by atoms with E-state index in [9.17, 15) is 9.90 Å². The molecule has 25 heavy (non-hydrogen) atoms. The Hall–Kier alpha value is -1.73. The lowest BCUT2D eigenvalue weighted by atomic mass is 9.95. The Labute approximate surface area is 149 Å². The molecular weight excluding hydrogens is 318 g/mol. The normalized spacial score (nSPS) is 20.8. The second-order valence-corrected chi connectivity index (χ2v) is 7.74. The molecule has 1 aromatic heterocycles. The average molecular weight is 347 g/mol. The Kier molecular flexibility index (Phi) is 5.54. The third-order valence-electron chi connectivity index (χ3n) is 5.01. The van der Waals surface area contributed by atoms with Gasteiger partial charge in [0.2, 0.25) is 5.91 Å². The van der Waals surface area contributed by atoms with Crippen LogP contribution in [0.3, 0.4) is 0 Å². The van der Waals surface area contributed by atoms with Crippen molar-refractivity contribution in [2.75, 3.05) is 50.7 Å². The quantitative estimate of drug-likeness (QED) is 0.860. The van der Waals surface area contributed by atoms with Crippen LogP contribution in [0, 0.1) is 5.92 Å². The first-order valence-electron chi connectivity index (χ1n) is 9.17. The van der Waals surface area contributed by atoms with E-state index in [1.807, 2.05) is 18.7 Å². The molecule has 7 nitrogen and oxygen atoms in total. The fraction of sp³-hybridized carbons (Fsp3) is 0.722. The van der Waals surface area contributed by atoms with Gasteiger partial charge in [0.25, 0.3) is 0 Å². The van der Waals surface area contributed by atoms with Gasteiger partial charge < -0.3 is 14.9 Å². The Morgan fingerprint density at radius 2 is 1.84 bits per heavy atom. The molecule has 0 aliphatic carbocycles. The van der Waals surface area contributed by atoms with Crippen LogP contribution in [-0.4, -0.2) is 82.2 Å². The largest absolute Gasteiger partial charge is 0.389 e. The first kappa shape index (κ1) is 18.1. The van der Waals surface area contributed by atoms with E-state index in [1.165, 1.54) is 0 Å². The third kappa shape index (κ3) is 4.89. The van der Waals surface area contributed by atoms with Crippen molar-refractivity contribution in [3.8, 4) is 0 Å². The molecule has 0 spiro atoms. The molecule has 3 rings (SSSR count). The summed E-state index contributed by atoms with van der Waals surface area (Å²) in [5.41, 5.74) is -0.681. The van der Waals surface area contributed by atoms with Gasteiger partial charge in [0.05, 0.1) is 11.8 Å². The lowest BCUT2D eigenvalue weighted by Crippen LogP contribution is -2.53. The number of amides is 1. The number of rotatable bonds is 4. The predicted molar refractivity (Wildman–Crippen MR) is 96.3 cm³/mol. The Bertz CT molecular complexity index is 559. The molecule has 1 N–H and O–H groups in total. The number of piperazine rings is 1. The maximum absolute atomic E-state index is 12.8. The van der Waals surface area contributed by atoms with Crippen LogP contribution in [0.25, 0.3) is 0 Å². The van der Waals surface area contributed by atoms with Crippen molar-refractivity contribution < 1.29 is 9.90 Å². The molecule has 2 aliphatic heterocycles. The summed E-state index contributed by atoms with van der Waals surface area (Å²) >= 11 is 0. The second-order valence-electron chi connectivity index (χ2n) is 7.74. The molecule has 2 saturated heterocycles.